The Morgan fingerprint density at radius 1 is 1.21 bits per heavy atom. The Balaban J connectivity index is 1.45. The molecule has 0 saturated carbocycles. The summed E-state index contributed by atoms with van der Waals surface area (Å²) in [6, 6.07) is 11.1. The van der Waals surface area contributed by atoms with Gasteiger partial charge in [0, 0.05) is 10.9 Å². The summed E-state index contributed by atoms with van der Waals surface area (Å²) in [5.74, 6) is -1.37. The van der Waals surface area contributed by atoms with E-state index in [0.717, 1.165) is 12.0 Å². The molecule has 2 bridgehead atoms. The van der Waals surface area contributed by atoms with Gasteiger partial charge < -0.3 is 25.4 Å². The fourth-order valence-electron chi connectivity index (χ4n) is 6.26. The number of likely N-dealkylation sites (tertiary alicyclic amines) is 1. The van der Waals surface area contributed by atoms with Gasteiger partial charge in [-0.3, -0.25) is 14.4 Å². The smallest absolute Gasteiger partial charge is 0.248 e. The topological polar surface area (TPSA) is 108 Å². The molecule has 6 atom stereocenters. The first-order chi connectivity index (χ1) is 18.2. The highest BCUT2D eigenvalue weighted by Crippen LogP contribution is 2.66. The SMILES string of the molecule is CCOc1ccc(NC(=O)[C@@H]2[C@H]3C(=O)N([C@H](C)CO)C(C(=O)Nc4c(C)cccc4Cl)C34CC[C@H]2S4)cc1. The first kappa shape index (κ1) is 26.8. The van der Waals surface area contributed by atoms with E-state index in [4.69, 9.17) is 16.3 Å². The number of fused-ring (bicyclic) bond motifs is 1. The van der Waals surface area contributed by atoms with Crippen LogP contribution in [0.2, 0.25) is 5.02 Å². The maximum atomic E-state index is 14.0. The zero-order valence-corrected chi connectivity index (χ0v) is 23.1. The normalized spacial score (nSPS) is 28.2. The molecule has 3 heterocycles. The number of aryl methyl sites for hydroxylation is 1. The van der Waals surface area contributed by atoms with Crippen LogP contribution in [-0.4, -0.2) is 63.0 Å². The highest BCUT2D eigenvalue weighted by Gasteiger charge is 2.74. The summed E-state index contributed by atoms with van der Waals surface area (Å²) in [6.07, 6.45) is 1.37. The van der Waals surface area contributed by atoms with Gasteiger partial charge in [0.2, 0.25) is 17.7 Å². The van der Waals surface area contributed by atoms with Gasteiger partial charge in [0.05, 0.1) is 46.5 Å². The van der Waals surface area contributed by atoms with Crippen LogP contribution in [0.3, 0.4) is 0 Å². The molecule has 3 aliphatic rings. The molecule has 3 N–H and O–H groups in total. The van der Waals surface area contributed by atoms with E-state index in [2.05, 4.69) is 10.6 Å². The van der Waals surface area contributed by atoms with E-state index in [9.17, 15) is 19.5 Å². The van der Waals surface area contributed by atoms with Crippen molar-refractivity contribution in [2.45, 2.75) is 55.7 Å². The maximum absolute atomic E-state index is 14.0. The zero-order chi connectivity index (χ0) is 27.2. The van der Waals surface area contributed by atoms with Crippen molar-refractivity contribution in [2.75, 3.05) is 23.8 Å². The van der Waals surface area contributed by atoms with Gasteiger partial charge in [0.1, 0.15) is 11.8 Å². The average Bonchev–Trinajstić information content (AvgIpc) is 3.54. The fraction of sp³-hybridized carbons (Fsp3) is 0.464. The molecule has 2 unspecified atom stereocenters. The minimum atomic E-state index is -0.837. The molecule has 38 heavy (non-hydrogen) atoms. The summed E-state index contributed by atoms with van der Waals surface area (Å²) >= 11 is 7.97. The first-order valence-electron chi connectivity index (χ1n) is 12.9. The lowest BCUT2D eigenvalue weighted by Crippen LogP contribution is -2.54. The molecule has 10 heteroatoms. The molecule has 1 spiro atoms. The number of carbonyl (C=O) groups excluding carboxylic acids is 3. The molecular weight excluding hydrogens is 526 g/mol. The number of halogens is 1. The highest BCUT2D eigenvalue weighted by atomic mass is 35.5. The summed E-state index contributed by atoms with van der Waals surface area (Å²) in [5.41, 5.74) is 1.93. The number of aliphatic hydroxyl groups is 1. The zero-order valence-electron chi connectivity index (χ0n) is 21.6. The van der Waals surface area contributed by atoms with Crippen LogP contribution in [0, 0.1) is 18.8 Å². The third-order valence-electron chi connectivity index (χ3n) is 7.93. The molecule has 3 amide bonds. The Morgan fingerprint density at radius 2 is 1.95 bits per heavy atom. The average molecular weight is 558 g/mol. The number of nitrogens with one attached hydrogen (secondary N) is 2. The number of para-hydroxylation sites is 1. The van der Waals surface area contributed by atoms with Crippen LogP contribution < -0.4 is 15.4 Å². The number of nitrogens with zero attached hydrogens (tertiary/aromatic N) is 1. The molecule has 8 nitrogen and oxygen atoms in total. The number of aliphatic hydroxyl groups excluding tert-OH is 1. The molecular formula is C28H32ClN3O5S. The quantitative estimate of drug-likeness (QED) is 0.451. The Bertz CT molecular complexity index is 1240. The lowest BCUT2D eigenvalue weighted by atomic mass is 9.70. The van der Waals surface area contributed by atoms with E-state index < -0.39 is 28.7 Å². The predicted octanol–water partition coefficient (Wildman–Crippen LogP) is 4.10. The van der Waals surface area contributed by atoms with Gasteiger partial charge in [-0.25, -0.2) is 0 Å². The van der Waals surface area contributed by atoms with Crippen LogP contribution in [0.25, 0.3) is 0 Å². The number of benzene rings is 2. The third kappa shape index (κ3) is 4.34. The lowest BCUT2D eigenvalue weighted by molar-refractivity contribution is -0.140. The summed E-state index contributed by atoms with van der Waals surface area (Å²) in [5, 5.41) is 16.3. The van der Waals surface area contributed by atoms with Gasteiger partial charge in [-0.1, -0.05) is 23.7 Å². The second-order valence-electron chi connectivity index (χ2n) is 10.2. The van der Waals surface area contributed by atoms with E-state index in [0.29, 0.717) is 35.2 Å². The van der Waals surface area contributed by atoms with Gasteiger partial charge in [-0.05, 0) is 69.5 Å². The number of ether oxygens (including phenoxy) is 1. The number of hydrogen-bond donors (Lipinski definition) is 3. The molecule has 5 rings (SSSR count). The van der Waals surface area contributed by atoms with Crippen molar-refractivity contribution in [1.29, 1.82) is 0 Å². The van der Waals surface area contributed by atoms with Crippen molar-refractivity contribution in [1.82, 2.24) is 4.90 Å². The van der Waals surface area contributed by atoms with Crippen LogP contribution in [0.15, 0.2) is 42.5 Å². The number of hydrogen-bond acceptors (Lipinski definition) is 6. The van der Waals surface area contributed by atoms with Crippen LogP contribution in [0.5, 0.6) is 5.75 Å². The first-order valence-corrected chi connectivity index (χ1v) is 14.2. The largest absolute Gasteiger partial charge is 0.494 e. The molecule has 2 aromatic carbocycles. The van der Waals surface area contributed by atoms with Crippen molar-refractivity contribution < 1.29 is 24.2 Å². The van der Waals surface area contributed by atoms with Crippen molar-refractivity contribution >= 4 is 52.5 Å². The predicted molar refractivity (Wildman–Crippen MR) is 149 cm³/mol. The monoisotopic (exact) mass is 557 g/mol. The summed E-state index contributed by atoms with van der Waals surface area (Å²) < 4.78 is 4.72. The molecule has 3 saturated heterocycles. The van der Waals surface area contributed by atoms with E-state index in [-0.39, 0.29) is 29.6 Å². The van der Waals surface area contributed by atoms with E-state index >= 15 is 0 Å². The van der Waals surface area contributed by atoms with Gasteiger partial charge in [0.15, 0.2) is 0 Å². The Kier molecular flexibility index (Phi) is 7.37. The Hall–Kier alpha value is -2.75. The second kappa shape index (κ2) is 10.4. The van der Waals surface area contributed by atoms with Crippen molar-refractivity contribution in [3.63, 3.8) is 0 Å². The number of anilines is 2. The minimum Gasteiger partial charge on any atom is -0.494 e. The van der Waals surface area contributed by atoms with Crippen molar-refractivity contribution in [3.8, 4) is 5.75 Å². The van der Waals surface area contributed by atoms with Gasteiger partial charge in [0.25, 0.3) is 0 Å². The summed E-state index contributed by atoms with van der Waals surface area (Å²) in [7, 11) is 0. The van der Waals surface area contributed by atoms with Crippen LogP contribution in [-0.2, 0) is 14.4 Å². The van der Waals surface area contributed by atoms with E-state index in [1.165, 1.54) is 4.90 Å². The Morgan fingerprint density at radius 3 is 2.61 bits per heavy atom. The summed E-state index contributed by atoms with van der Waals surface area (Å²) in [4.78, 5) is 43.0. The molecule has 202 valence electrons. The van der Waals surface area contributed by atoms with Crippen LogP contribution in [0.1, 0.15) is 32.3 Å². The molecule has 3 fully saturated rings. The number of rotatable bonds is 8. The van der Waals surface area contributed by atoms with Gasteiger partial charge in [-0.15, -0.1) is 11.8 Å². The molecule has 2 aromatic rings. The third-order valence-corrected chi connectivity index (χ3v) is 10.2. The van der Waals surface area contributed by atoms with Crippen LogP contribution >= 0.6 is 23.4 Å². The second-order valence-corrected chi connectivity index (χ2v) is 12.2. The molecule has 0 aliphatic carbocycles. The van der Waals surface area contributed by atoms with Crippen molar-refractivity contribution in [2.24, 2.45) is 11.8 Å². The number of carbonyl (C=O) groups is 3. The van der Waals surface area contributed by atoms with Crippen LogP contribution in [0.4, 0.5) is 11.4 Å². The van der Waals surface area contributed by atoms with E-state index in [1.807, 2.05) is 26.0 Å². The number of amides is 3. The molecule has 0 radical (unpaired) electrons. The van der Waals surface area contributed by atoms with Gasteiger partial charge in [-0.2, -0.15) is 0 Å². The van der Waals surface area contributed by atoms with Gasteiger partial charge >= 0.3 is 0 Å². The fourth-order valence-corrected chi connectivity index (χ4v) is 8.74. The highest BCUT2D eigenvalue weighted by molar-refractivity contribution is 8.02. The maximum Gasteiger partial charge on any atom is 0.248 e. The molecule has 0 aromatic heterocycles. The minimum absolute atomic E-state index is 0.0735. The van der Waals surface area contributed by atoms with Crippen molar-refractivity contribution in [3.05, 3.63) is 53.1 Å². The lowest BCUT2D eigenvalue weighted by Gasteiger charge is -2.36. The summed E-state index contributed by atoms with van der Waals surface area (Å²) in [6.45, 7) is 5.74. The Labute approximate surface area is 231 Å². The molecule has 3 aliphatic heterocycles. The van der Waals surface area contributed by atoms with E-state index in [1.54, 1.807) is 49.0 Å². The number of thioether (sulfide) groups is 1. The standard InChI is InChI=1S/C28H32ClN3O5S/c1-4-37-18-10-8-17(9-11-18)30-25(34)21-20-12-13-28(38-20)22(21)27(36)32(16(3)14-33)24(28)26(35)31-23-15(2)6-5-7-19(23)29/h5-11,16,20-22,24,33H,4,12-14H2,1-3H3,(H,30,34)(H,31,35)/t16-,20-,21+,22+,24?,28?/m1/s1.